The van der Waals surface area contributed by atoms with Crippen molar-refractivity contribution in [2.45, 2.75) is 20.3 Å². The first kappa shape index (κ1) is 14.0. The average molecular weight is 236 g/mol. The summed E-state index contributed by atoms with van der Waals surface area (Å²) in [7, 11) is 0. The Hall–Kier alpha value is -1.06. The number of ether oxygens (including phenoxy) is 1. The molecule has 0 aliphatic carbocycles. The van der Waals surface area contributed by atoms with Crippen LogP contribution in [0.25, 0.3) is 0 Å². The zero-order valence-corrected chi connectivity index (χ0v) is 11.0. The zero-order valence-electron chi connectivity index (χ0n) is 11.0. The number of rotatable bonds is 8. The second-order valence-corrected chi connectivity index (χ2v) is 4.06. The molecule has 0 heterocycles. The van der Waals surface area contributed by atoms with Crippen LogP contribution in [-0.2, 0) is 6.42 Å². The van der Waals surface area contributed by atoms with Gasteiger partial charge in [0.05, 0.1) is 0 Å². The van der Waals surface area contributed by atoms with Crippen molar-refractivity contribution in [1.82, 2.24) is 4.90 Å². The summed E-state index contributed by atoms with van der Waals surface area (Å²) < 4.78 is 5.74. The third-order valence-corrected chi connectivity index (χ3v) is 2.90. The molecular formula is C14H24N2O. The minimum atomic E-state index is 0.683. The Bertz CT molecular complexity index is 311. The summed E-state index contributed by atoms with van der Waals surface area (Å²) in [6.45, 7) is 8.90. The lowest BCUT2D eigenvalue weighted by Gasteiger charge is -2.18. The second-order valence-electron chi connectivity index (χ2n) is 4.06. The van der Waals surface area contributed by atoms with Gasteiger partial charge in [0.25, 0.3) is 0 Å². The highest BCUT2D eigenvalue weighted by Crippen LogP contribution is 2.13. The summed E-state index contributed by atoms with van der Waals surface area (Å²) >= 11 is 0. The van der Waals surface area contributed by atoms with Gasteiger partial charge in [-0.3, -0.25) is 0 Å². The molecule has 0 unspecified atom stereocenters. The van der Waals surface area contributed by atoms with Crippen molar-refractivity contribution in [3.05, 3.63) is 29.8 Å². The molecule has 0 radical (unpaired) electrons. The fourth-order valence-corrected chi connectivity index (χ4v) is 1.79. The van der Waals surface area contributed by atoms with Crippen LogP contribution in [0.5, 0.6) is 5.75 Å². The van der Waals surface area contributed by atoms with Crippen LogP contribution in [0.1, 0.15) is 19.4 Å². The van der Waals surface area contributed by atoms with Crippen LogP contribution in [0.4, 0.5) is 0 Å². The monoisotopic (exact) mass is 236 g/mol. The highest BCUT2D eigenvalue weighted by Gasteiger charge is 2.00. The summed E-state index contributed by atoms with van der Waals surface area (Å²) in [5, 5.41) is 0. The molecule has 3 heteroatoms. The fourth-order valence-electron chi connectivity index (χ4n) is 1.79. The van der Waals surface area contributed by atoms with Gasteiger partial charge in [0.1, 0.15) is 12.4 Å². The first-order valence-electron chi connectivity index (χ1n) is 6.44. The zero-order chi connectivity index (χ0) is 12.5. The molecule has 0 fully saturated rings. The van der Waals surface area contributed by atoms with Crippen LogP contribution >= 0.6 is 0 Å². The van der Waals surface area contributed by atoms with Gasteiger partial charge in [0.15, 0.2) is 0 Å². The average Bonchev–Trinajstić information content (AvgIpc) is 2.36. The Morgan fingerprint density at radius 1 is 1.24 bits per heavy atom. The lowest BCUT2D eigenvalue weighted by Crippen LogP contribution is -2.27. The van der Waals surface area contributed by atoms with Crippen LogP contribution < -0.4 is 10.5 Å². The molecule has 0 spiro atoms. The molecule has 0 amide bonds. The fraction of sp³-hybridized carbons (Fsp3) is 0.571. The van der Waals surface area contributed by atoms with Crippen LogP contribution in [0.15, 0.2) is 24.3 Å². The van der Waals surface area contributed by atoms with Gasteiger partial charge in [-0.1, -0.05) is 26.0 Å². The van der Waals surface area contributed by atoms with Crippen molar-refractivity contribution < 1.29 is 4.74 Å². The van der Waals surface area contributed by atoms with Crippen molar-refractivity contribution in [2.24, 2.45) is 5.73 Å². The second kappa shape index (κ2) is 8.09. The Balaban J connectivity index is 2.38. The standard InChI is InChI=1S/C14H24N2O/c1-3-16(4-2)10-11-17-14-7-5-6-13(12-14)8-9-15/h5-7,12H,3-4,8-11,15H2,1-2H3. The van der Waals surface area contributed by atoms with Gasteiger partial charge in [-0.15, -0.1) is 0 Å². The summed E-state index contributed by atoms with van der Waals surface area (Å²) in [5.74, 6) is 0.947. The molecule has 2 N–H and O–H groups in total. The van der Waals surface area contributed by atoms with Gasteiger partial charge in [-0.2, -0.15) is 0 Å². The van der Waals surface area contributed by atoms with E-state index in [9.17, 15) is 0 Å². The predicted octanol–water partition coefficient (Wildman–Crippen LogP) is 1.91. The van der Waals surface area contributed by atoms with E-state index < -0.39 is 0 Å². The minimum absolute atomic E-state index is 0.683. The maximum Gasteiger partial charge on any atom is 0.119 e. The van der Waals surface area contributed by atoms with E-state index in [-0.39, 0.29) is 0 Å². The lowest BCUT2D eigenvalue weighted by atomic mass is 10.1. The first-order chi connectivity index (χ1) is 8.30. The number of nitrogens with zero attached hydrogens (tertiary/aromatic N) is 1. The largest absolute Gasteiger partial charge is 0.492 e. The maximum absolute atomic E-state index is 5.74. The van der Waals surface area contributed by atoms with E-state index in [4.69, 9.17) is 10.5 Å². The molecule has 0 saturated carbocycles. The van der Waals surface area contributed by atoms with Gasteiger partial charge >= 0.3 is 0 Å². The molecule has 17 heavy (non-hydrogen) atoms. The normalized spacial score (nSPS) is 10.8. The topological polar surface area (TPSA) is 38.5 Å². The van der Waals surface area contributed by atoms with Crippen molar-refractivity contribution in [3.63, 3.8) is 0 Å². The number of hydrogen-bond donors (Lipinski definition) is 1. The van der Waals surface area contributed by atoms with Crippen LogP contribution in [-0.4, -0.2) is 37.7 Å². The third-order valence-electron chi connectivity index (χ3n) is 2.90. The molecule has 3 nitrogen and oxygen atoms in total. The summed E-state index contributed by atoms with van der Waals surface area (Å²) in [6.07, 6.45) is 0.910. The van der Waals surface area contributed by atoms with Gasteiger partial charge in [0, 0.05) is 6.54 Å². The molecule has 0 atom stereocenters. The smallest absolute Gasteiger partial charge is 0.119 e. The minimum Gasteiger partial charge on any atom is -0.492 e. The van der Waals surface area contributed by atoms with E-state index in [1.807, 2.05) is 12.1 Å². The molecular weight excluding hydrogens is 212 g/mol. The van der Waals surface area contributed by atoms with E-state index in [2.05, 4.69) is 30.9 Å². The van der Waals surface area contributed by atoms with E-state index >= 15 is 0 Å². The molecule has 0 bridgehead atoms. The Labute approximate surface area is 105 Å². The van der Waals surface area contributed by atoms with Crippen molar-refractivity contribution in [2.75, 3.05) is 32.8 Å². The van der Waals surface area contributed by atoms with E-state index in [0.29, 0.717) is 6.54 Å². The van der Waals surface area contributed by atoms with Crippen molar-refractivity contribution in [1.29, 1.82) is 0 Å². The number of benzene rings is 1. The Morgan fingerprint density at radius 3 is 2.65 bits per heavy atom. The van der Waals surface area contributed by atoms with E-state index in [1.54, 1.807) is 0 Å². The third kappa shape index (κ3) is 5.20. The van der Waals surface area contributed by atoms with Crippen molar-refractivity contribution >= 4 is 0 Å². The lowest BCUT2D eigenvalue weighted by molar-refractivity contribution is 0.222. The maximum atomic E-state index is 5.74. The SMILES string of the molecule is CCN(CC)CCOc1cccc(CCN)c1. The number of hydrogen-bond acceptors (Lipinski definition) is 3. The molecule has 1 rings (SSSR count). The highest BCUT2D eigenvalue weighted by molar-refractivity contribution is 5.28. The molecule has 0 saturated heterocycles. The van der Waals surface area contributed by atoms with Crippen LogP contribution in [0.2, 0.25) is 0 Å². The summed E-state index contributed by atoms with van der Waals surface area (Å²) in [6, 6.07) is 8.19. The van der Waals surface area contributed by atoms with E-state index in [1.165, 1.54) is 5.56 Å². The van der Waals surface area contributed by atoms with Gasteiger partial charge < -0.3 is 15.4 Å². The molecule has 0 aliphatic heterocycles. The van der Waals surface area contributed by atoms with Gasteiger partial charge in [-0.25, -0.2) is 0 Å². The molecule has 1 aromatic carbocycles. The Kier molecular flexibility index (Phi) is 6.67. The summed E-state index contributed by atoms with van der Waals surface area (Å²) in [5.41, 5.74) is 6.78. The predicted molar refractivity (Wildman–Crippen MR) is 72.5 cm³/mol. The number of nitrogens with two attached hydrogens (primary N) is 1. The highest BCUT2D eigenvalue weighted by atomic mass is 16.5. The quantitative estimate of drug-likeness (QED) is 0.749. The molecule has 96 valence electrons. The Morgan fingerprint density at radius 2 is 2.00 bits per heavy atom. The molecule has 0 aromatic heterocycles. The van der Waals surface area contributed by atoms with Crippen LogP contribution in [0.3, 0.4) is 0 Å². The van der Waals surface area contributed by atoms with Crippen molar-refractivity contribution in [3.8, 4) is 5.75 Å². The number of likely N-dealkylation sites (N-methyl/N-ethyl adjacent to an activating group) is 1. The molecule has 1 aromatic rings. The van der Waals surface area contributed by atoms with Crippen LogP contribution in [0, 0.1) is 0 Å². The van der Waals surface area contributed by atoms with Gasteiger partial charge in [0.2, 0.25) is 0 Å². The van der Waals surface area contributed by atoms with Gasteiger partial charge in [-0.05, 0) is 43.8 Å². The van der Waals surface area contributed by atoms with E-state index in [0.717, 1.165) is 38.4 Å². The first-order valence-corrected chi connectivity index (χ1v) is 6.44. The molecule has 0 aliphatic rings. The summed E-state index contributed by atoms with van der Waals surface area (Å²) in [4.78, 5) is 2.35.